The number of hydrogen-bond donors (Lipinski definition) is 1. The van der Waals surface area contributed by atoms with Crippen LogP contribution in [-0.4, -0.2) is 10.9 Å². The third kappa shape index (κ3) is 4.52. The van der Waals surface area contributed by atoms with Crippen molar-refractivity contribution in [2.75, 3.05) is 5.32 Å². The minimum Gasteiger partial charge on any atom is -0.323 e. The summed E-state index contributed by atoms with van der Waals surface area (Å²) in [4.78, 5) is 16.6. The van der Waals surface area contributed by atoms with Gasteiger partial charge in [-0.3, -0.25) is 4.79 Å². The number of amides is 1. The average Bonchev–Trinajstić information content (AvgIpc) is 3.06. The fraction of sp³-hybridized carbons (Fsp3) is 0.158. The van der Waals surface area contributed by atoms with Crippen molar-refractivity contribution >= 4 is 38.9 Å². The number of rotatable bonds is 5. The molecule has 128 valence electrons. The van der Waals surface area contributed by atoms with Crippen LogP contribution in [0.15, 0.2) is 52.3 Å². The lowest BCUT2D eigenvalue weighted by Gasteiger charge is -2.05. The largest absolute Gasteiger partial charge is 0.323 e. The molecule has 3 rings (SSSR count). The normalized spacial score (nSPS) is 10.7. The lowest BCUT2D eigenvalue weighted by molar-refractivity contribution is -0.115. The molecule has 3 aromatic rings. The van der Waals surface area contributed by atoms with Crippen LogP contribution in [0.3, 0.4) is 0 Å². The maximum atomic E-state index is 13.8. The van der Waals surface area contributed by atoms with Crippen LogP contribution in [0, 0.1) is 5.82 Å². The first-order chi connectivity index (χ1) is 12.0. The van der Waals surface area contributed by atoms with E-state index in [2.05, 4.69) is 45.3 Å². The van der Waals surface area contributed by atoms with Crippen LogP contribution in [0.4, 0.5) is 10.1 Å². The SMILES string of the molecule is CCc1ccc(-c2nc(CC(=O)Nc3ccc(Br)cc3F)cs2)cc1. The molecule has 1 N–H and O–H groups in total. The highest BCUT2D eigenvalue weighted by atomic mass is 79.9. The van der Waals surface area contributed by atoms with Gasteiger partial charge in [-0.1, -0.05) is 47.1 Å². The molecule has 0 aliphatic carbocycles. The molecule has 1 heterocycles. The Balaban J connectivity index is 1.67. The molecule has 6 heteroatoms. The molecule has 25 heavy (non-hydrogen) atoms. The standard InChI is InChI=1S/C19H16BrFN2OS/c1-2-12-3-5-13(6-4-12)19-22-15(11-25-19)10-18(24)23-17-8-7-14(20)9-16(17)21/h3-9,11H,2,10H2,1H3,(H,23,24). The van der Waals surface area contributed by atoms with Crippen LogP contribution in [0.2, 0.25) is 0 Å². The van der Waals surface area contributed by atoms with E-state index in [1.54, 1.807) is 6.07 Å². The third-order valence-electron chi connectivity index (χ3n) is 3.71. The Bertz CT molecular complexity index is 893. The minimum atomic E-state index is -0.474. The molecular weight excluding hydrogens is 403 g/mol. The maximum absolute atomic E-state index is 13.8. The third-order valence-corrected chi connectivity index (χ3v) is 5.14. The molecule has 0 bridgehead atoms. The average molecular weight is 419 g/mol. The van der Waals surface area contributed by atoms with Gasteiger partial charge in [-0.15, -0.1) is 11.3 Å². The molecular formula is C19H16BrFN2OS. The summed E-state index contributed by atoms with van der Waals surface area (Å²) in [7, 11) is 0. The predicted molar refractivity (Wildman–Crippen MR) is 103 cm³/mol. The van der Waals surface area contributed by atoms with E-state index in [0.29, 0.717) is 10.2 Å². The van der Waals surface area contributed by atoms with Crippen molar-refractivity contribution in [3.8, 4) is 10.6 Å². The molecule has 3 nitrogen and oxygen atoms in total. The van der Waals surface area contributed by atoms with Gasteiger partial charge in [-0.05, 0) is 30.2 Å². The van der Waals surface area contributed by atoms with Gasteiger partial charge in [0.25, 0.3) is 0 Å². The van der Waals surface area contributed by atoms with Crippen LogP contribution in [0.1, 0.15) is 18.2 Å². The number of nitrogens with zero attached hydrogens (tertiary/aromatic N) is 1. The summed E-state index contributed by atoms with van der Waals surface area (Å²) in [6.45, 7) is 2.11. The van der Waals surface area contributed by atoms with E-state index < -0.39 is 5.82 Å². The first-order valence-electron chi connectivity index (χ1n) is 7.83. The number of thiazole rings is 1. The predicted octanol–water partition coefficient (Wildman–Crippen LogP) is 5.46. The van der Waals surface area contributed by atoms with Gasteiger partial charge in [0.05, 0.1) is 17.8 Å². The van der Waals surface area contributed by atoms with Gasteiger partial charge in [0.15, 0.2) is 0 Å². The minimum absolute atomic E-state index is 0.110. The highest BCUT2D eigenvalue weighted by Gasteiger charge is 2.11. The van der Waals surface area contributed by atoms with Crippen molar-refractivity contribution in [3.63, 3.8) is 0 Å². The van der Waals surface area contributed by atoms with Crippen LogP contribution < -0.4 is 5.32 Å². The zero-order valence-electron chi connectivity index (χ0n) is 13.6. The topological polar surface area (TPSA) is 42.0 Å². The fourth-order valence-corrected chi connectivity index (χ4v) is 3.51. The van der Waals surface area contributed by atoms with Crippen molar-refractivity contribution in [1.82, 2.24) is 4.98 Å². The molecule has 0 saturated heterocycles. The van der Waals surface area contributed by atoms with E-state index in [0.717, 1.165) is 17.0 Å². The van der Waals surface area contributed by atoms with Crippen molar-refractivity contribution in [2.45, 2.75) is 19.8 Å². The van der Waals surface area contributed by atoms with Gasteiger partial charge in [0.1, 0.15) is 10.8 Å². The zero-order chi connectivity index (χ0) is 17.8. The summed E-state index contributed by atoms with van der Waals surface area (Å²) in [5, 5.41) is 5.32. The van der Waals surface area contributed by atoms with Gasteiger partial charge < -0.3 is 5.32 Å². The first kappa shape index (κ1) is 17.8. The van der Waals surface area contributed by atoms with Crippen molar-refractivity contribution in [2.24, 2.45) is 0 Å². The molecule has 1 amide bonds. The number of hydrogen-bond acceptors (Lipinski definition) is 3. The Labute approximate surface area is 158 Å². The summed E-state index contributed by atoms with van der Waals surface area (Å²) >= 11 is 4.69. The summed E-state index contributed by atoms with van der Waals surface area (Å²) in [6, 6.07) is 12.8. The second-order valence-electron chi connectivity index (χ2n) is 5.54. The fourth-order valence-electron chi connectivity index (χ4n) is 2.35. The van der Waals surface area contributed by atoms with Gasteiger partial charge in [-0.25, -0.2) is 9.37 Å². The van der Waals surface area contributed by atoms with Gasteiger partial charge in [-0.2, -0.15) is 0 Å². The number of halogens is 2. The van der Waals surface area contributed by atoms with Crippen LogP contribution in [-0.2, 0) is 17.6 Å². The second kappa shape index (κ2) is 7.89. The number of carbonyl (C=O) groups is 1. The second-order valence-corrected chi connectivity index (χ2v) is 7.32. The smallest absolute Gasteiger partial charge is 0.230 e. The quantitative estimate of drug-likeness (QED) is 0.597. The molecule has 0 aliphatic rings. The Morgan fingerprint density at radius 3 is 2.68 bits per heavy atom. The Morgan fingerprint density at radius 2 is 2.00 bits per heavy atom. The molecule has 0 fully saturated rings. The van der Waals surface area contributed by atoms with Gasteiger partial charge in [0.2, 0.25) is 5.91 Å². The highest BCUT2D eigenvalue weighted by Crippen LogP contribution is 2.25. The van der Waals surface area contributed by atoms with E-state index in [4.69, 9.17) is 0 Å². The molecule has 0 spiro atoms. The Kier molecular flexibility index (Phi) is 5.60. The summed E-state index contributed by atoms with van der Waals surface area (Å²) in [5.41, 5.74) is 3.15. The first-order valence-corrected chi connectivity index (χ1v) is 9.51. The number of nitrogens with one attached hydrogen (secondary N) is 1. The molecule has 0 atom stereocenters. The molecule has 1 aromatic heterocycles. The number of benzene rings is 2. The monoisotopic (exact) mass is 418 g/mol. The van der Waals surface area contributed by atoms with Crippen molar-refractivity contribution < 1.29 is 9.18 Å². The maximum Gasteiger partial charge on any atom is 0.230 e. The number of carbonyl (C=O) groups excluding carboxylic acids is 1. The Morgan fingerprint density at radius 1 is 1.24 bits per heavy atom. The molecule has 2 aromatic carbocycles. The summed E-state index contributed by atoms with van der Waals surface area (Å²) in [5.74, 6) is -0.767. The van der Waals surface area contributed by atoms with Crippen LogP contribution >= 0.6 is 27.3 Å². The molecule has 0 unspecified atom stereocenters. The molecule has 0 aliphatic heterocycles. The summed E-state index contributed by atoms with van der Waals surface area (Å²) < 4.78 is 14.4. The van der Waals surface area contributed by atoms with E-state index in [-0.39, 0.29) is 18.0 Å². The number of aromatic nitrogens is 1. The Hall–Kier alpha value is -2.05. The molecule has 0 saturated carbocycles. The molecule has 0 radical (unpaired) electrons. The van der Waals surface area contributed by atoms with E-state index in [1.165, 1.54) is 29.0 Å². The van der Waals surface area contributed by atoms with Crippen LogP contribution in [0.5, 0.6) is 0 Å². The lowest BCUT2D eigenvalue weighted by Crippen LogP contribution is -2.15. The summed E-state index contributed by atoms with van der Waals surface area (Å²) in [6.07, 6.45) is 1.11. The zero-order valence-corrected chi connectivity index (χ0v) is 16.0. The van der Waals surface area contributed by atoms with Gasteiger partial charge >= 0.3 is 0 Å². The number of anilines is 1. The van der Waals surface area contributed by atoms with Crippen molar-refractivity contribution in [1.29, 1.82) is 0 Å². The van der Waals surface area contributed by atoms with Crippen molar-refractivity contribution in [3.05, 3.63) is 69.4 Å². The van der Waals surface area contributed by atoms with Gasteiger partial charge in [0, 0.05) is 15.4 Å². The van der Waals surface area contributed by atoms with Crippen LogP contribution in [0.25, 0.3) is 10.6 Å². The van der Waals surface area contributed by atoms with E-state index >= 15 is 0 Å². The number of aryl methyl sites for hydroxylation is 1. The van der Waals surface area contributed by atoms with E-state index in [9.17, 15) is 9.18 Å². The lowest BCUT2D eigenvalue weighted by atomic mass is 10.1. The van der Waals surface area contributed by atoms with E-state index in [1.807, 2.05) is 17.5 Å². The highest BCUT2D eigenvalue weighted by molar-refractivity contribution is 9.10.